The molecule has 1 fully saturated rings. The number of allylic oxidation sites excluding steroid dienone is 2. The molecule has 1 heterocycles. The minimum absolute atomic E-state index is 0.0578. The summed E-state index contributed by atoms with van der Waals surface area (Å²) in [5.74, 6) is 0.641. The molecule has 0 saturated carbocycles. The number of hydrogen-bond acceptors (Lipinski definition) is 2. The van der Waals surface area contributed by atoms with Crippen molar-refractivity contribution in [2.24, 2.45) is 5.92 Å². The van der Waals surface area contributed by atoms with E-state index in [0.29, 0.717) is 18.8 Å². The first-order valence-electron chi connectivity index (χ1n) is 8.54. The van der Waals surface area contributed by atoms with Gasteiger partial charge in [0.15, 0.2) is 0 Å². The number of carbonyl (C=O) groups excluding carboxylic acids is 2. The molecule has 0 aromatic heterocycles. The Labute approximate surface area is 137 Å². The Morgan fingerprint density at radius 1 is 1.13 bits per heavy atom. The highest BCUT2D eigenvalue weighted by Crippen LogP contribution is 2.21. The molecule has 1 unspecified atom stereocenters. The monoisotopic (exact) mass is 312 g/mol. The number of likely N-dealkylation sites (tertiary alicyclic amines) is 1. The Bertz CT molecular complexity index is 586. The average molecular weight is 312 g/mol. The maximum Gasteiger partial charge on any atom is 0.226 e. The molecule has 1 aromatic rings. The van der Waals surface area contributed by atoms with Crippen molar-refractivity contribution >= 4 is 17.5 Å². The van der Waals surface area contributed by atoms with Crippen molar-refractivity contribution < 1.29 is 9.59 Å². The van der Waals surface area contributed by atoms with E-state index in [4.69, 9.17) is 0 Å². The molecular formula is C19H24N2O2. The predicted octanol–water partition coefficient (Wildman–Crippen LogP) is 3.15. The largest absolute Gasteiger partial charge is 0.342 e. The molecule has 4 nitrogen and oxygen atoms in total. The van der Waals surface area contributed by atoms with Crippen LogP contribution in [0.2, 0.25) is 0 Å². The summed E-state index contributed by atoms with van der Waals surface area (Å²) in [6.07, 6.45) is 9.66. The van der Waals surface area contributed by atoms with Crippen LogP contribution in [0.1, 0.15) is 37.7 Å². The third-order valence-electron chi connectivity index (χ3n) is 4.61. The summed E-state index contributed by atoms with van der Waals surface area (Å²) in [5, 5.41) is 2.94. The molecule has 1 saturated heterocycles. The van der Waals surface area contributed by atoms with Crippen LogP contribution >= 0.6 is 0 Å². The van der Waals surface area contributed by atoms with Crippen molar-refractivity contribution in [2.75, 3.05) is 18.4 Å². The normalized spacial score (nSPS) is 20.0. The lowest BCUT2D eigenvalue weighted by Gasteiger charge is -2.15. The Balaban J connectivity index is 1.49. The third-order valence-corrected chi connectivity index (χ3v) is 4.61. The molecule has 122 valence electrons. The van der Waals surface area contributed by atoms with Gasteiger partial charge in [0.05, 0.1) is 6.42 Å². The summed E-state index contributed by atoms with van der Waals surface area (Å²) in [6.45, 7) is 1.78. The van der Waals surface area contributed by atoms with Crippen LogP contribution in [0, 0.1) is 5.92 Å². The van der Waals surface area contributed by atoms with Gasteiger partial charge >= 0.3 is 0 Å². The summed E-state index contributed by atoms with van der Waals surface area (Å²) >= 11 is 0. The van der Waals surface area contributed by atoms with E-state index in [0.717, 1.165) is 50.0 Å². The Kier molecular flexibility index (Phi) is 5.11. The van der Waals surface area contributed by atoms with Crippen LogP contribution in [0.15, 0.2) is 36.4 Å². The van der Waals surface area contributed by atoms with E-state index < -0.39 is 0 Å². The quantitative estimate of drug-likeness (QED) is 0.849. The fourth-order valence-corrected chi connectivity index (χ4v) is 3.27. The number of hydrogen-bond donors (Lipinski definition) is 1. The molecule has 4 heteroatoms. The van der Waals surface area contributed by atoms with Crippen LogP contribution in [0.3, 0.4) is 0 Å². The minimum atomic E-state index is 0.0578. The van der Waals surface area contributed by atoms with Gasteiger partial charge in [-0.2, -0.15) is 0 Å². The second-order valence-corrected chi connectivity index (χ2v) is 6.48. The Hall–Kier alpha value is -2.10. The van der Waals surface area contributed by atoms with Gasteiger partial charge in [-0.1, -0.05) is 24.3 Å². The molecular weight excluding hydrogens is 288 g/mol. The second kappa shape index (κ2) is 7.44. The molecule has 1 aliphatic carbocycles. The van der Waals surface area contributed by atoms with Crippen molar-refractivity contribution in [3.8, 4) is 0 Å². The molecule has 0 spiro atoms. The van der Waals surface area contributed by atoms with E-state index >= 15 is 0 Å². The smallest absolute Gasteiger partial charge is 0.226 e. The summed E-state index contributed by atoms with van der Waals surface area (Å²) in [7, 11) is 0. The zero-order valence-corrected chi connectivity index (χ0v) is 13.5. The first kappa shape index (κ1) is 15.8. The van der Waals surface area contributed by atoms with E-state index in [-0.39, 0.29) is 11.8 Å². The van der Waals surface area contributed by atoms with E-state index in [9.17, 15) is 9.59 Å². The van der Waals surface area contributed by atoms with Crippen LogP contribution in [0.4, 0.5) is 5.69 Å². The van der Waals surface area contributed by atoms with Crippen molar-refractivity contribution in [2.45, 2.75) is 38.5 Å². The third kappa shape index (κ3) is 4.44. The zero-order valence-electron chi connectivity index (χ0n) is 13.5. The lowest BCUT2D eigenvalue weighted by molar-refractivity contribution is -0.129. The van der Waals surface area contributed by atoms with Crippen LogP contribution in [-0.4, -0.2) is 29.8 Å². The minimum Gasteiger partial charge on any atom is -0.342 e. The first-order chi connectivity index (χ1) is 11.2. The number of carbonyl (C=O) groups is 2. The molecule has 1 aromatic carbocycles. The molecule has 0 radical (unpaired) electrons. The molecule has 1 N–H and O–H groups in total. The van der Waals surface area contributed by atoms with E-state index in [1.165, 1.54) is 0 Å². The maximum atomic E-state index is 12.1. The Morgan fingerprint density at radius 3 is 2.52 bits per heavy atom. The van der Waals surface area contributed by atoms with Gasteiger partial charge in [-0.05, 0) is 49.3 Å². The standard InChI is InChI=1S/C19H24N2O2/c22-18(13-15-5-1-2-6-15)20-17-9-7-16(8-10-17)14-19(23)21-11-3-4-12-21/h1,5,7-10,15H,2-4,6,11-14H2,(H,20,22). The topological polar surface area (TPSA) is 49.4 Å². The molecule has 0 bridgehead atoms. The predicted molar refractivity (Wildman–Crippen MR) is 91.1 cm³/mol. The van der Waals surface area contributed by atoms with Crippen molar-refractivity contribution in [3.05, 3.63) is 42.0 Å². The van der Waals surface area contributed by atoms with Crippen LogP contribution in [0.5, 0.6) is 0 Å². The highest BCUT2D eigenvalue weighted by Gasteiger charge is 2.18. The van der Waals surface area contributed by atoms with Crippen molar-refractivity contribution in [1.82, 2.24) is 4.90 Å². The number of amides is 2. The van der Waals surface area contributed by atoms with Gasteiger partial charge < -0.3 is 10.2 Å². The SMILES string of the molecule is O=C(CC1C=CCC1)Nc1ccc(CC(=O)N2CCCC2)cc1. The average Bonchev–Trinajstić information content (AvgIpc) is 3.22. The first-order valence-corrected chi connectivity index (χ1v) is 8.54. The van der Waals surface area contributed by atoms with Crippen LogP contribution in [0.25, 0.3) is 0 Å². The van der Waals surface area contributed by atoms with E-state index in [1.54, 1.807) is 0 Å². The lowest BCUT2D eigenvalue weighted by atomic mass is 10.0. The molecule has 2 aliphatic rings. The number of anilines is 1. The highest BCUT2D eigenvalue weighted by atomic mass is 16.2. The molecule has 2 amide bonds. The summed E-state index contributed by atoms with van der Waals surface area (Å²) in [6, 6.07) is 7.63. The highest BCUT2D eigenvalue weighted by molar-refractivity contribution is 5.91. The van der Waals surface area contributed by atoms with E-state index in [2.05, 4.69) is 17.5 Å². The van der Waals surface area contributed by atoms with Gasteiger partial charge in [0.1, 0.15) is 0 Å². The van der Waals surface area contributed by atoms with Gasteiger partial charge in [0.25, 0.3) is 0 Å². The fraction of sp³-hybridized carbons (Fsp3) is 0.474. The number of rotatable bonds is 5. The van der Waals surface area contributed by atoms with Crippen molar-refractivity contribution in [1.29, 1.82) is 0 Å². The lowest BCUT2D eigenvalue weighted by Crippen LogP contribution is -2.29. The molecule has 1 atom stereocenters. The molecule has 3 rings (SSSR count). The fourth-order valence-electron chi connectivity index (χ4n) is 3.27. The van der Waals surface area contributed by atoms with E-state index in [1.807, 2.05) is 29.2 Å². The maximum absolute atomic E-state index is 12.1. The number of benzene rings is 1. The van der Waals surface area contributed by atoms with Gasteiger partial charge in [-0.15, -0.1) is 0 Å². The number of nitrogens with zero attached hydrogens (tertiary/aromatic N) is 1. The molecule has 1 aliphatic heterocycles. The Morgan fingerprint density at radius 2 is 1.87 bits per heavy atom. The zero-order chi connectivity index (χ0) is 16.1. The summed E-state index contributed by atoms with van der Waals surface area (Å²) in [4.78, 5) is 26.1. The van der Waals surface area contributed by atoms with Gasteiger partial charge in [0.2, 0.25) is 11.8 Å². The van der Waals surface area contributed by atoms with Crippen LogP contribution < -0.4 is 5.32 Å². The van der Waals surface area contributed by atoms with Crippen molar-refractivity contribution in [3.63, 3.8) is 0 Å². The second-order valence-electron chi connectivity index (χ2n) is 6.48. The van der Waals surface area contributed by atoms with Gasteiger partial charge in [0, 0.05) is 25.2 Å². The van der Waals surface area contributed by atoms with Gasteiger partial charge in [-0.3, -0.25) is 9.59 Å². The number of nitrogens with one attached hydrogen (secondary N) is 1. The van der Waals surface area contributed by atoms with Crippen LogP contribution in [-0.2, 0) is 16.0 Å². The summed E-state index contributed by atoms with van der Waals surface area (Å²) < 4.78 is 0. The summed E-state index contributed by atoms with van der Waals surface area (Å²) in [5.41, 5.74) is 1.80. The van der Waals surface area contributed by atoms with Gasteiger partial charge in [-0.25, -0.2) is 0 Å². The molecule has 23 heavy (non-hydrogen) atoms.